The van der Waals surface area contributed by atoms with Gasteiger partial charge in [-0.3, -0.25) is 29.0 Å². The van der Waals surface area contributed by atoms with Crippen LogP contribution in [0.3, 0.4) is 0 Å². The zero-order valence-corrected chi connectivity index (χ0v) is 22.2. The molecule has 1 aliphatic heterocycles. The van der Waals surface area contributed by atoms with Crippen LogP contribution >= 0.6 is 24.0 Å². The van der Waals surface area contributed by atoms with Crippen LogP contribution in [0.2, 0.25) is 0 Å². The van der Waals surface area contributed by atoms with Crippen molar-refractivity contribution in [2.24, 2.45) is 0 Å². The van der Waals surface area contributed by atoms with Crippen LogP contribution < -0.4 is 10.2 Å². The summed E-state index contributed by atoms with van der Waals surface area (Å²) in [6.45, 7) is 3.58. The van der Waals surface area contributed by atoms with Gasteiger partial charge in [-0.15, -0.1) is 0 Å². The monoisotopic (exact) mass is 568 g/mol. The van der Waals surface area contributed by atoms with Crippen molar-refractivity contribution in [2.45, 2.75) is 32.4 Å². The third-order valence-corrected chi connectivity index (χ3v) is 6.86. The third-order valence-electron chi connectivity index (χ3n) is 5.42. The third kappa shape index (κ3) is 6.30. The Labute approximate surface area is 225 Å². The molecule has 1 aliphatic rings. The Morgan fingerprint density at radius 3 is 2.26 bits per heavy atom. The van der Waals surface area contributed by atoms with Gasteiger partial charge in [-0.1, -0.05) is 23.9 Å². The maximum absolute atomic E-state index is 15.2. The molecule has 4 amide bonds. The summed E-state index contributed by atoms with van der Waals surface area (Å²) in [6, 6.07) is 6.34. The number of benzene rings is 1. The number of carbonyl (C=O) groups is 4. The molecular formula is C24H23F3N4O5S2. The Bertz CT molecular complexity index is 1280. The van der Waals surface area contributed by atoms with Crippen LogP contribution in [0.25, 0.3) is 0 Å². The number of pyridine rings is 1. The normalized spacial score (nSPS) is 13.3. The average Bonchev–Trinajstić information content (AvgIpc) is 3.10. The molecule has 0 saturated carbocycles. The molecule has 2 aromatic rings. The Hall–Kier alpha value is -3.52. The van der Waals surface area contributed by atoms with Crippen molar-refractivity contribution in [2.75, 3.05) is 29.9 Å². The Balaban J connectivity index is 1.90. The van der Waals surface area contributed by atoms with Gasteiger partial charge in [0.2, 0.25) is 22.0 Å². The fourth-order valence-electron chi connectivity index (χ4n) is 3.73. The van der Waals surface area contributed by atoms with Crippen LogP contribution in [0.5, 0.6) is 0 Å². The van der Waals surface area contributed by atoms with Gasteiger partial charge < -0.3 is 10.1 Å². The zero-order valence-electron chi connectivity index (χ0n) is 20.5. The van der Waals surface area contributed by atoms with Crippen LogP contribution in [0.15, 0.2) is 24.3 Å². The van der Waals surface area contributed by atoms with E-state index in [1.165, 1.54) is 12.1 Å². The second kappa shape index (κ2) is 12.3. The molecule has 1 aromatic carbocycles. The van der Waals surface area contributed by atoms with Crippen molar-refractivity contribution in [3.8, 4) is 0 Å². The summed E-state index contributed by atoms with van der Waals surface area (Å²) in [4.78, 5) is 54.5. The molecule has 202 valence electrons. The van der Waals surface area contributed by atoms with Crippen LogP contribution in [-0.2, 0) is 14.3 Å². The van der Waals surface area contributed by atoms with Gasteiger partial charge in [0.1, 0.15) is 5.69 Å². The second-order valence-corrected chi connectivity index (χ2v) is 9.96. The van der Waals surface area contributed by atoms with Gasteiger partial charge in [-0.25, -0.2) is 4.39 Å². The number of thiocarbonyl (C=S) groups is 1. The number of imide groups is 1. The van der Waals surface area contributed by atoms with Gasteiger partial charge in [0, 0.05) is 32.2 Å². The molecule has 3 rings (SSSR count). The van der Waals surface area contributed by atoms with Gasteiger partial charge in [-0.05, 0) is 37.7 Å². The smallest absolute Gasteiger partial charge is 0.261 e. The van der Waals surface area contributed by atoms with Gasteiger partial charge in [0.25, 0.3) is 17.8 Å². The lowest BCUT2D eigenvalue weighted by molar-refractivity contribution is -0.116. The van der Waals surface area contributed by atoms with E-state index in [-0.39, 0.29) is 41.6 Å². The highest BCUT2D eigenvalue weighted by Crippen LogP contribution is 2.31. The highest BCUT2D eigenvalue weighted by atomic mass is 32.2. The highest BCUT2D eigenvalue weighted by molar-refractivity contribution is 8.23. The minimum Gasteiger partial charge on any atom is -0.479 e. The summed E-state index contributed by atoms with van der Waals surface area (Å²) in [5, 5.41) is 1.17. The number of nitrogens with one attached hydrogen (secondary N) is 1. The molecule has 9 nitrogen and oxygen atoms in total. The summed E-state index contributed by atoms with van der Waals surface area (Å²) < 4.78 is 49.0. The van der Waals surface area contributed by atoms with Crippen molar-refractivity contribution >= 4 is 63.5 Å². The molecule has 0 bridgehead atoms. The van der Waals surface area contributed by atoms with E-state index < -0.39 is 58.0 Å². The Morgan fingerprint density at radius 1 is 1.13 bits per heavy atom. The minimum atomic E-state index is -1.73. The van der Waals surface area contributed by atoms with Crippen molar-refractivity contribution < 1.29 is 37.1 Å². The molecule has 1 atom stereocenters. The number of ether oxygens (including phenoxy) is 1. The minimum absolute atomic E-state index is 0.0741. The summed E-state index contributed by atoms with van der Waals surface area (Å²) >= 11 is 6.18. The van der Waals surface area contributed by atoms with E-state index in [0.717, 1.165) is 35.4 Å². The van der Waals surface area contributed by atoms with Crippen LogP contribution in [0.1, 0.15) is 47.9 Å². The Morgan fingerprint density at radius 2 is 1.74 bits per heavy atom. The first kappa shape index (κ1) is 29.0. The van der Waals surface area contributed by atoms with Gasteiger partial charge in [0.15, 0.2) is 11.6 Å². The standard InChI is InChI=1S/C24H23F3N4O5S2/c1-4-36-24(37)38-14(9-10-30-22(34)15-7-5-6-8-16(15)23(30)35)11-31(13(3)33)21-18(26)19(28-12(2)32)17(25)20(27)29-21/h5-8,14H,4,9-11H2,1-3H3,(H,28,29,32). The summed E-state index contributed by atoms with van der Waals surface area (Å²) in [6.07, 6.45) is 0.0803. The number of anilines is 2. The second-order valence-electron chi connectivity index (χ2n) is 8.06. The molecule has 38 heavy (non-hydrogen) atoms. The average molecular weight is 569 g/mol. The fourth-order valence-corrected chi connectivity index (χ4v) is 5.16. The number of hydrogen-bond donors (Lipinski definition) is 1. The van der Waals surface area contributed by atoms with E-state index in [1.807, 2.05) is 5.32 Å². The van der Waals surface area contributed by atoms with E-state index in [1.54, 1.807) is 19.1 Å². The van der Waals surface area contributed by atoms with E-state index in [0.29, 0.717) is 0 Å². The molecule has 0 radical (unpaired) electrons. The lowest BCUT2D eigenvalue weighted by Crippen LogP contribution is -2.39. The molecule has 0 fully saturated rings. The predicted octanol–water partition coefficient (Wildman–Crippen LogP) is 3.92. The zero-order chi connectivity index (χ0) is 28.1. The van der Waals surface area contributed by atoms with E-state index in [4.69, 9.17) is 17.0 Å². The SMILES string of the molecule is CCOC(=S)SC(CCN1C(=O)c2ccccc2C1=O)CN(C(C)=O)c1nc(F)c(F)c(NC(C)=O)c1F. The number of thioether (sulfide) groups is 1. The summed E-state index contributed by atoms with van der Waals surface area (Å²) in [5.41, 5.74) is -0.572. The number of amides is 4. The number of nitrogens with zero attached hydrogens (tertiary/aromatic N) is 3. The molecule has 14 heteroatoms. The lowest BCUT2D eigenvalue weighted by Gasteiger charge is -2.27. The molecular weight excluding hydrogens is 545 g/mol. The number of aromatic nitrogens is 1. The quantitative estimate of drug-likeness (QED) is 0.276. The Kier molecular flexibility index (Phi) is 9.44. The number of hydrogen-bond acceptors (Lipinski definition) is 8. The first-order valence-corrected chi connectivity index (χ1v) is 12.6. The topological polar surface area (TPSA) is 109 Å². The van der Waals surface area contributed by atoms with Gasteiger partial charge in [-0.2, -0.15) is 13.8 Å². The van der Waals surface area contributed by atoms with Crippen LogP contribution in [-0.4, -0.2) is 62.8 Å². The number of carbonyl (C=O) groups excluding carboxylic acids is 4. The number of rotatable bonds is 9. The van der Waals surface area contributed by atoms with Crippen LogP contribution in [0, 0.1) is 17.6 Å². The first-order chi connectivity index (χ1) is 18.0. The molecule has 1 N–H and O–H groups in total. The molecule has 0 spiro atoms. The molecule has 2 heterocycles. The molecule has 1 unspecified atom stereocenters. The summed E-state index contributed by atoms with van der Waals surface area (Å²) in [7, 11) is 0. The van der Waals surface area contributed by atoms with Crippen molar-refractivity contribution in [3.05, 3.63) is 53.0 Å². The van der Waals surface area contributed by atoms with E-state index in [9.17, 15) is 28.0 Å². The largest absolute Gasteiger partial charge is 0.479 e. The lowest BCUT2D eigenvalue weighted by atomic mass is 10.1. The van der Waals surface area contributed by atoms with E-state index >= 15 is 4.39 Å². The van der Waals surface area contributed by atoms with Crippen molar-refractivity contribution in [1.29, 1.82) is 0 Å². The van der Waals surface area contributed by atoms with Crippen molar-refractivity contribution in [1.82, 2.24) is 9.88 Å². The summed E-state index contributed by atoms with van der Waals surface area (Å²) in [5.74, 6) is -8.37. The highest BCUT2D eigenvalue weighted by Gasteiger charge is 2.36. The van der Waals surface area contributed by atoms with Gasteiger partial charge in [0.05, 0.1) is 17.7 Å². The van der Waals surface area contributed by atoms with Crippen LogP contribution in [0.4, 0.5) is 24.7 Å². The predicted molar refractivity (Wildman–Crippen MR) is 138 cm³/mol. The number of halogens is 3. The maximum atomic E-state index is 15.2. The fraction of sp³-hybridized carbons (Fsp3) is 0.333. The van der Waals surface area contributed by atoms with Gasteiger partial charge >= 0.3 is 0 Å². The number of fused-ring (bicyclic) bond motifs is 1. The molecule has 0 saturated heterocycles. The molecule has 0 aliphatic carbocycles. The first-order valence-electron chi connectivity index (χ1n) is 11.3. The van der Waals surface area contributed by atoms with Crippen molar-refractivity contribution in [3.63, 3.8) is 0 Å². The van der Waals surface area contributed by atoms with E-state index in [2.05, 4.69) is 4.98 Å². The molecule has 1 aromatic heterocycles. The maximum Gasteiger partial charge on any atom is 0.261 e.